The molecular formula is C19H28IN3OS. The molecule has 4 nitrogen and oxygen atoms in total. The number of guanidine groups is 1. The van der Waals surface area contributed by atoms with Gasteiger partial charge < -0.3 is 15.0 Å². The summed E-state index contributed by atoms with van der Waals surface area (Å²) in [6.45, 7) is 4.73. The Balaban J connectivity index is 0.00000312. The van der Waals surface area contributed by atoms with Gasteiger partial charge >= 0.3 is 0 Å². The summed E-state index contributed by atoms with van der Waals surface area (Å²) in [5.74, 6) is 1.87. The molecule has 1 heterocycles. The summed E-state index contributed by atoms with van der Waals surface area (Å²) < 4.78 is 5.19. The molecule has 0 aliphatic carbocycles. The molecule has 0 aliphatic heterocycles. The van der Waals surface area contributed by atoms with E-state index >= 15 is 0 Å². The molecule has 1 N–H and O–H groups in total. The van der Waals surface area contributed by atoms with E-state index < -0.39 is 0 Å². The van der Waals surface area contributed by atoms with Gasteiger partial charge in [0.25, 0.3) is 0 Å². The van der Waals surface area contributed by atoms with Gasteiger partial charge in [0.05, 0.1) is 7.11 Å². The zero-order valence-corrected chi connectivity index (χ0v) is 18.3. The number of benzene rings is 1. The average Bonchev–Trinajstić information content (AvgIpc) is 3.13. The molecule has 0 bridgehead atoms. The summed E-state index contributed by atoms with van der Waals surface area (Å²) >= 11 is 1.81. The van der Waals surface area contributed by atoms with Crippen LogP contribution in [0.4, 0.5) is 0 Å². The zero-order valence-electron chi connectivity index (χ0n) is 15.2. The van der Waals surface area contributed by atoms with E-state index in [2.05, 4.69) is 53.8 Å². The molecule has 0 amide bonds. The summed E-state index contributed by atoms with van der Waals surface area (Å²) in [7, 11) is 3.79. The van der Waals surface area contributed by atoms with Gasteiger partial charge in [0, 0.05) is 31.6 Å². The molecule has 1 aromatic carbocycles. The van der Waals surface area contributed by atoms with Crippen LogP contribution in [0.5, 0.6) is 5.75 Å². The Morgan fingerprint density at radius 3 is 2.56 bits per heavy atom. The standard InChI is InChI=1S/C19H27N3OS.HI/c1-4-20-19(22(2)14-12-18-6-5-15-24-18)21-13-11-16-7-9-17(23-3)10-8-16;/h5-10,15H,4,11-14H2,1-3H3,(H,20,21);1H. The van der Waals surface area contributed by atoms with Crippen molar-refractivity contribution in [2.75, 3.05) is 33.8 Å². The number of hydrogen-bond donors (Lipinski definition) is 1. The largest absolute Gasteiger partial charge is 0.497 e. The normalized spacial score (nSPS) is 10.9. The summed E-state index contributed by atoms with van der Waals surface area (Å²) in [5, 5.41) is 5.50. The van der Waals surface area contributed by atoms with Gasteiger partial charge in [0.15, 0.2) is 5.96 Å². The molecule has 0 saturated carbocycles. The number of thiophene rings is 1. The number of hydrogen-bond acceptors (Lipinski definition) is 3. The lowest BCUT2D eigenvalue weighted by molar-refractivity contribution is 0.414. The second-order valence-corrected chi connectivity index (χ2v) is 6.62. The first-order chi connectivity index (χ1) is 11.7. The lowest BCUT2D eigenvalue weighted by Gasteiger charge is -2.21. The molecule has 0 radical (unpaired) electrons. The maximum atomic E-state index is 5.19. The number of methoxy groups -OCH3 is 1. The molecule has 138 valence electrons. The Morgan fingerprint density at radius 1 is 1.20 bits per heavy atom. The molecule has 0 aliphatic rings. The van der Waals surface area contributed by atoms with Crippen molar-refractivity contribution in [3.05, 3.63) is 52.2 Å². The van der Waals surface area contributed by atoms with E-state index in [1.807, 2.05) is 23.5 Å². The number of nitrogens with zero attached hydrogens (tertiary/aromatic N) is 2. The Bertz CT molecular complexity index is 614. The van der Waals surface area contributed by atoms with Crippen LogP contribution >= 0.6 is 35.3 Å². The van der Waals surface area contributed by atoms with Crippen LogP contribution in [0.3, 0.4) is 0 Å². The fourth-order valence-corrected chi connectivity index (χ4v) is 3.09. The van der Waals surface area contributed by atoms with Gasteiger partial charge in [-0.3, -0.25) is 4.99 Å². The van der Waals surface area contributed by atoms with Gasteiger partial charge in [-0.1, -0.05) is 18.2 Å². The first kappa shape index (κ1) is 21.8. The predicted molar refractivity (Wildman–Crippen MR) is 119 cm³/mol. The predicted octanol–water partition coefficient (Wildman–Crippen LogP) is 4.06. The monoisotopic (exact) mass is 473 g/mol. The Morgan fingerprint density at radius 2 is 1.96 bits per heavy atom. The van der Waals surface area contributed by atoms with Crippen molar-refractivity contribution in [3.8, 4) is 5.75 Å². The van der Waals surface area contributed by atoms with Gasteiger partial charge in [0.1, 0.15) is 5.75 Å². The van der Waals surface area contributed by atoms with E-state index in [-0.39, 0.29) is 24.0 Å². The fraction of sp³-hybridized carbons (Fsp3) is 0.421. The molecular weight excluding hydrogens is 445 g/mol. The third-order valence-corrected chi connectivity index (χ3v) is 4.73. The van der Waals surface area contributed by atoms with Gasteiger partial charge in [-0.05, 0) is 48.9 Å². The maximum absolute atomic E-state index is 5.19. The molecule has 6 heteroatoms. The number of halogens is 1. The van der Waals surface area contributed by atoms with Gasteiger partial charge in [-0.15, -0.1) is 35.3 Å². The second kappa shape index (κ2) is 12.1. The van der Waals surface area contributed by atoms with E-state index in [0.29, 0.717) is 0 Å². The number of aliphatic imine (C=N–C) groups is 1. The number of rotatable bonds is 8. The van der Waals surface area contributed by atoms with Crippen molar-refractivity contribution in [2.45, 2.75) is 19.8 Å². The van der Waals surface area contributed by atoms with Crippen molar-refractivity contribution >= 4 is 41.3 Å². The maximum Gasteiger partial charge on any atom is 0.193 e. The van der Waals surface area contributed by atoms with Crippen molar-refractivity contribution in [1.82, 2.24) is 10.2 Å². The van der Waals surface area contributed by atoms with Crippen LogP contribution in [0.1, 0.15) is 17.4 Å². The highest BCUT2D eigenvalue weighted by atomic mass is 127. The topological polar surface area (TPSA) is 36.9 Å². The van der Waals surface area contributed by atoms with E-state index in [9.17, 15) is 0 Å². The van der Waals surface area contributed by atoms with Crippen molar-refractivity contribution in [3.63, 3.8) is 0 Å². The van der Waals surface area contributed by atoms with Crippen LogP contribution in [0.15, 0.2) is 46.8 Å². The van der Waals surface area contributed by atoms with E-state index in [0.717, 1.165) is 44.2 Å². The van der Waals surface area contributed by atoms with Crippen molar-refractivity contribution < 1.29 is 4.74 Å². The minimum absolute atomic E-state index is 0. The van der Waals surface area contributed by atoms with Crippen LogP contribution in [-0.2, 0) is 12.8 Å². The lowest BCUT2D eigenvalue weighted by Crippen LogP contribution is -2.40. The molecule has 1 aromatic heterocycles. The molecule has 0 unspecified atom stereocenters. The smallest absolute Gasteiger partial charge is 0.193 e. The number of likely N-dealkylation sites (N-methyl/N-ethyl adjacent to an activating group) is 1. The Hall–Kier alpha value is -1.28. The molecule has 2 aromatic rings. The highest BCUT2D eigenvalue weighted by Crippen LogP contribution is 2.12. The lowest BCUT2D eigenvalue weighted by atomic mass is 10.1. The SMILES string of the molecule is CCNC(=NCCc1ccc(OC)cc1)N(C)CCc1cccs1.I. The van der Waals surface area contributed by atoms with E-state index in [1.165, 1.54) is 10.4 Å². The summed E-state index contributed by atoms with van der Waals surface area (Å²) in [6, 6.07) is 12.5. The zero-order chi connectivity index (χ0) is 17.2. The quantitative estimate of drug-likeness (QED) is 0.357. The van der Waals surface area contributed by atoms with Crippen molar-refractivity contribution in [1.29, 1.82) is 0 Å². The highest BCUT2D eigenvalue weighted by Gasteiger charge is 2.06. The van der Waals surface area contributed by atoms with Crippen LogP contribution in [0.2, 0.25) is 0 Å². The number of nitrogens with one attached hydrogen (secondary N) is 1. The molecule has 0 saturated heterocycles. The molecule has 0 spiro atoms. The Kier molecular flexibility index (Phi) is 10.6. The fourth-order valence-electron chi connectivity index (χ4n) is 2.39. The second-order valence-electron chi connectivity index (χ2n) is 5.58. The first-order valence-electron chi connectivity index (χ1n) is 8.37. The van der Waals surface area contributed by atoms with Crippen LogP contribution in [-0.4, -0.2) is 44.7 Å². The minimum Gasteiger partial charge on any atom is -0.497 e. The van der Waals surface area contributed by atoms with Gasteiger partial charge in [-0.2, -0.15) is 0 Å². The van der Waals surface area contributed by atoms with E-state index in [1.54, 1.807) is 7.11 Å². The number of ether oxygens (including phenoxy) is 1. The molecule has 0 fully saturated rings. The summed E-state index contributed by atoms with van der Waals surface area (Å²) in [5.41, 5.74) is 1.27. The molecule has 0 atom stereocenters. The van der Waals surface area contributed by atoms with E-state index in [4.69, 9.17) is 9.73 Å². The molecule has 2 rings (SSSR count). The molecule has 25 heavy (non-hydrogen) atoms. The first-order valence-corrected chi connectivity index (χ1v) is 9.25. The van der Waals surface area contributed by atoms with Crippen LogP contribution in [0, 0.1) is 0 Å². The third-order valence-electron chi connectivity index (χ3n) is 3.79. The van der Waals surface area contributed by atoms with Gasteiger partial charge in [0.2, 0.25) is 0 Å². The van der Waals surface area contributed by atoms with Crippen molar-refractivity contribution in [2.24, 2.45) is 4.99 Å². The average molecular weight is 473 g/mol. The Labute approximate surface area is 172 Å². The van der Waals surface area contributed by atoms with Crippen LogP contribution in [0.25, 0.3) is 0 Å². The highest BCUT2D eigenvalue weighted by molar-refractivity contribution is 14.0. The summed E-state index contributed by atoms with van der Waals surface area (Å²) in [6.07, 6.45) is 1.98. The van der Waals surface area contributed by atoms with Gasteiger partial charge in [-0.25, -0.2) is 0 Å². The van der Waals surface area contributed by atoms with Crippen LogP contribution < -0.4 is 10.1 Å². The third kappa shape index (κ3) is 7.64. The minimum atomic E-state index is 0. The summed E-state index contributed by atoms with van der Waals surface area (Å²) in [4.78, 5) is 8.37.